The maximum absolute atomic E-state index is 13.5. The van der Waals surface area contributed by atoms with Crippen molar-refractivity contribution in [2.45, 2.75) is 50.7 Å². The average molecular weight is 497 g/mol. The van der Waals surface area contributed by atoms with Crippen LogP contribution in [0.2, 0.25) is 0 Å². The van der Waals surface area contributed by atoms with Crippen LogP contribution in [0.5, 0.6) is 0 Å². The summed E-state index contributed by atoms with van der Waals surface area (Å²) in [6.07, 6.45) is -2.82. The molecule has 13 heteroatoms. The third-order valence-corrected chi connectivity index (χ3v) is 6.73. The summed E-state index contributed by atoms with van der Waals surface area (Å²) >= 11 is 0. The van der Waals surface area contributed by atoms with Gasteiger partial charge in [-0.3, -0.25) is 4.99 Å². The number of halogens is 3. The van der Waals surface area contributed by atoms with Crippen molar-refractivity contribution in [2.24, 2.45) is 10.9 Å². The van der Waals surface area contributed by atoms with E-state index in [-0.39, 0.29) is 28.7 Å². The zero-order valence-corrected chi connectivity index (χ0v) is 19.3. The summed E-state index contributed by atoms with van der Waals surface area (Å²) in [5.74, 6) is 0.119. The van der Waals surface area contributed by atoms with E-state index in [1.165, 1.54) is 12.1 Å². The van der Waals surface area contributed by atoms with Gasteiger partial charge in [-0.05, 0) is 23.6 Å². The molecule has 0 fully saturated rings. The molecule has 2 N–H and O–H groups in total. The van der Waals surface area contributed by atoms with Crippen molar-refractivity contribution >= 4 is 26.6 Å². The smallest absolute Gasteiger partial charge is 0.392 e. The molecule has 4 rings (SSSR count). The number of rotatable bonds is 5. The average Bonchev–Trinajstić information content (AvgIpc) is 3.13. The van der Waals surface area contributed by atoms with Gasteiger partial charge in [-0.15, -0.1) is 0 Å². The van der Waals surface area contributed by atoms with Crippen LogP contribution in [0.15, 0.2) is 28.2 Å². The Hall–Kier alpha value is -2.90. The van der Waals surface area contributed by atoms with Crippen LogP contribution in [0.25, 0.3) is 11.0 Å². The van der Waals surface area contributed by atoms with Crippen LogP contribution < -0.4 is 0 Å². The molecule has 0 unspecified atom stereocenters. The van der Waals surface area contributed by atoms with Crippen molar-refractivity contribution < 1.29 is 31.8 Å². The first-order valence-corrected chi connectivity index (χ1v) is 12.2. The Kier molecular flexibility index (Phi) is 5.98. The Morgan fingerprint density at radius 3 is 2.38 bits per heavy atom. The normalized spacial score (nSPS) is 16.7. The number of hydrogen-bond donors (Lipinski definition) is 2. The third kappa shape index (κ3) is 4.18. The Labute approximate surface area is 192 Å². The van der Waals surface area contributed by atoms with E-state index in [4.69, 9.17) is 0 Å². The molecule has 0 saturated carbocycles. The second-order valence-electron chi connectivity index (χ2n) is 8.37. The van der Waals surface area contributed by atoms with E-state index in [9.17, 15) is 31.8 Å². The Balaban J connectivity index is 1.91. The van der Waals surface area contributed by atoms with Gasteiger partial charge in [0.25, 0.3) is 0 Å². The van der Waals surface area contributed by atoms with Crippen molar-refractivity contribution in [3.63, 3.8) is 0 Å². The highest BCUT2D eigenvalue weighted by Crippen LogP contribution is 2.34. The first kappa shape index (κ1) is 24.2. The van der Waals surface area contributed by atoms with Crippen molar-refractivity contribution in [1.82, 2.24) is 19.5 Å². The number of aromatic nitrogens is 4. The SMILES string of the molecule is CC(C)C1=N[C@@H](c2ncc(CO)c(C(F)(F)F)n2)Cn2c1nc1cc(CO)c(S(C)(=O)=O)cc12. The lowest BCUT2D eigenvalue weighted by atomic mass is 10.0. The fourth-order valence-electron chi connectivity index (χ4n) is 3.97. The highest BCUT2D eigenvalue weighted by molar-refractivity contribution is 7.90. The van der Waals surface area contributed by atoms with Gasteiger partial charge in [0.1, 0.15) is 6.04 Å². The Morgan fingerprint density at radius 1 is 1.15 bits per heavy atom. The molecule has 0 radical (unpaired) electrons. The number of benzene rings is 1. The summed E-state index contributed by atoms with van der Waals surface area (Å²) in [7, 11) is -3.67. The number of imidazole rings is 1. The van der Waals surface area contributed by atoms with E-state index in [0.717, 1.165) is 12.5 Å². The lowest BCUT2D eigenvalue weighted by molar-refractivity contribution is -0.142. The minimum absolute atomic E-state index is 0.0273. The maximum Gasteiger partial charge on any atom is 0.433 e. The molecule has 3 heterocycles. The highest BCUT2D eigenvalue weighted by Gasteiger charge is 2.37. The lowest BCUT2D eigenvalue weighted by Crippen LogP contribution is -2.27. The largest absolute Gasteiger partial charge is 0.433 e. The summed E-state index contributed by atoms with van der Waals surface area (Å²) in [5, 5.41) is 18.9. The number of nitrogens with zero attached hydrogens (tertiary/aromatic N) is 5. The number of aliphatic hydroxyl groups excluding tert-OH is 2. The summed E-state index contributed by atoms with van der Waals surface area (Å²) in [6, 6.07) is 2.00. The van der Waals surface area contributed by atoms with E-state index in [1.54, 1.807) is 4.57 Å². The van der Waals surface area contributed by atoms with E-state index >= 15 is 0 Å². The fraction of sp³-hybridized carbons (Fsp3) is 0.429. The minimum Gasteiger partial charge on any atom is -0.392 e. The zero-order valence-electron chi connectivity index (χ0n) is 18.5. The number of fused-ring (bicyclic) bond motifs is 3. The van der Waals surface area contributed by atoms with Crippen molar-refractivity contribution in [1.29, 1.82) is 0 Å². The second kappa shape index (κ2) is 8.40. The minimum atomic E-state index is -4.78. The highest BCUT2D eigenvalue weighted by atomic mass is 32.2. The van der Waals surface area contributed by atoms with E-state index in [2.05, 4.69) is 19.9 Å². The van der Waals surface area contributed by atoms with Crippen molar-refractivity contribution in [3.8, 4) is 0 Å². The molecule has 1 atom stereocenters. The van der Waals surface area contributed by atoms with Crippen LogP contribution in [-0.2, 0) is 35.8 Å². The molecule has 9 nitrogen and oxygen atoms in total. The second-order valence-corrected chi connectivity index (χ2v) is 10.4. The van der Waals surface area contributed by atoms with Gasteiger partial charge < -0.3 is 14.8 Å². The van der Waals surface area contributed by atoms with Gasteiger partial charge in [-0.2, -0.15) is 13.2 Å². The monoisotopic (exact) mass is 497 g/mol. The molecule has 182 valence electrons. The third-order valence-electron chi connectivity index (χ3n) is 5.55. The lowest BCUT2D eigenvalue weighted by Gasteiger charge is -2.24. The van der Waals surface area contributed by atoms with Gasteiger partial charge in [0.05, 0.1) is 41.4 Å². The number of aliphatic imine (C=N–C) groups is 1. The molecule has 0 aliphatic carbocycles. The first-order chi connectivity index (χ1) is 15.8. The Morgan fingerprint density at radius 2 is 1.82 bits per heavy atom. The molecule has 2 aromatic heterocycles. The quantitative estimate of drug-likeness (QED) is 0.554. The van der Waals surface area contributed by atoms with Crippen molar-refractivity contribution in [2.75, 3.05) is 6.26 Å². The van der Waals surface area contributed by atoms with Gasteiger partial charge in [0.2, 0.25) is 0 Å². The maximum atomic E-state index is 13.5. The summed E-state index contributed by atoms with van der Waals surface area (Å²) in [4.78, 5) is 16.8. The summed E-state index contributed by atoms with van der Waals surface area (Å²) in [5.41, 5.74) is -0.107. The molecule has 0 bridgehead atoms. The molecular weight excluding hydrogens is 475 g/mol. The topological polar surface area (TPSA) is 131 Å². The zero-order chi connectivity index (χ0) is 25.0. The van der Waals surface area contributed by atoms with Crippen LogP contribution in [0.4, 0.5) is 13.2 Å². The van der Waals surface area contributed by atoms with Crippen molar-refractivity contribution in [3.05, 3.63) is 46.8 Å². The number of hydrogen-bond acceptors (Lipinski definition) is 8. The first-order valence-electron chi connectivity index (χ1n) is 10.3. The van der Waals surface area contributed by atoms with Gasteiger partial charge >= 0.3 is 6.18 Å². The fourth-order valence-corrected chi connectivity index (χ4v) is 4.90. The predicted molar refractivity (Wildman–Crippen MR) is 116 cm³/mol. The molecule has 0 saturated heterocycles. The van der Waals surface area contributed by atoms with Crippen LogP contribution >= 0.6 is 0 Å². The standard InChI is InChI=1S/C21H22F3N5O4S/c1-10(2)17-20-27-13-4-11(8-30)16(34(3,32)33)5-15(13)29(20)7-14(26-17)19-25-6-12(9-31)18(28-19)21(22,23)24/h4-6,10,14,30-31H,7-9H2,1-3H3/t14-/m1/s1. The van der Waals surface area contributed by atoms with Gasteiger partial charge in [-0.25, -0.2) is 23.4 Å². The molecular formula is C21H22F3N5O4S. The molecule has 1 aromatic carbocycles. The van der Waals surface area contributed by atoms with Crippen LogP contribution in [-0.4, -0.2) is 50.1 Å². The van der Waals surface area contributed by atoms with Crippen LogP contribution in [0, 0.1) is 5.92 Å². The van der Waals surface area contributed by atoms with Crippen LogP contribution in [0.3, 0.4) is 0 Å². The van der Waals surface area contributed by atoms with Gasteiger partial charge in [0, 0.05) is 18.0 Å². The number of sulfone groups is 1. The molecule has 3 aromatic rings. The molecule has 34 heavy (non-hydrogen) atoms. The molecule has 1 aliphatic rings. The predicted octanol–water partition coefficient (Wildman–Crippen LogP) is 2.43. The summed E-state index contributed by atoms with van der Waals surface area (Å²) in [6.45, 7) is 2.36. The van der Waals surface area contributed by atoms with Crippen LogP contribution in [0.1, 0.15) is 48.4 Å². The molecule has 0 spiro atoms. The van der Waals surface area contributed by atoms with E-state index in [0.29, 0.717) is 22.6 Å². The molecule has 1 aliphatic heterocycles. The summed E-state index contributed by atoms with van der Waals surface area (Å²) < 4.78 is 66.7. The molecule has 0 amide bonds. The Bertz CT molecular complexity index is 1410. The van der Waals surface area contributed by atoms with Gasteiger partial charge in [0.15, 0.2) is 27.2 Å². The van der Waals surface area contributed by atoms with E-state index in [1.807, 2.05) is 13.8 Å². The van der Waals surface area contributed by atoms with Gasteiger partial charge in [-0.1, -0.05) is 13.8 Å². The number of aliphatic hydroxyl groups is 2. The van der Waals surface area contributed by atoms with E-state index < -0.39 is 46.5 Å². The number of alkyl halides is 3.